The molecule has 0 aliphatic heterocycles. The van der Waals surface area contributed by atoms with Crippen molar-refractivity contribution in [3.8, 4) is 5.88 Å². The number of amides is 1. The summed E-state index contributed by atoms with van der Waals surface area (Å²) in [7, 11) is 1.44. The molecule has 0 aliphatic rings. The van der Waals surface area contributed by atoms with E-state index in [4.69, 9.17) is 27.9 Å². The van der Waals surface area contributed by atoms with Crippen molar-refractivity contribution in [3.63, 3.8) is 0 Å². The number of nitrogens with one attached hydrogen (secondary N) is 1. The second kappa shape index (κ2) is 6.39. The van der Waals surface area contributed by atoms with Crippen LogP contribution in [0.15, 0.2) is 28.7 Å². The number of anilines is 1. The lowest BCUT2D eigenvalue weighted by molar-refractivity contribution is 0.102. The second-order valence-electron chi connectivity index (χ2n) is 3.63. The van der Waals surface area contributed by atoms with Gasteiger partial charge in [-0.25, -0.2) is 4.98 Å². The van der Waals surface area contributed by atoms with Gasteiger partial charge in [-0.2, -0.15) is 4.98 Å². The summed E-state index contributed by atoms with van der Waals surface area (Å²) in [6.45, 7) is 0. The highest BCUT2D eigenvalue weighted by Crippen LogP contribution is 2.23. The Balaban J connectivity index is 2.25. The first kappa shape index (κ1) is 15.0. The van der Waals surface area contributed by atoms with Gasteiger partial charge in [0.2, 0.25) is 11.8 Å². The van der Waals surface area contributed by atoms with Gasteiger partial charge in [-0.3, -0.25) is 10.1 Å². The fraction of sp³-hybridized carbons (Fsp3) is 0.0833. The van der Waals surface area contributed by atoms with Crippen molar-refractivity contribution in [2.45, 2.75) is 0 Å². The largest absolute Gasteiger partial charge is 0.481 e. The number of nitrogens with zero attached hydrogens (tertiary/aromatic N) is 2. The van der Waals surface area contributed by atoms with Gasteiger partial charge >= 0.3 is 0 Å². The Hall–Kier alpha value is -1.37. The SMILES string of the molecule is COc1cc(Cl)nc(NC(=O)c2ccc(Cl)cc2Br)n1. The zero-order chi connectivity index (χ0) is 14.7. The number of hydrogen-bond acceptors (Lipinski definition) is 4. The maximum Gasteiger partial charge on any atom is 0.259 e. The van der Waals surface area contributed by atoms with Crippen molar-refractivity contribution >= 4 is 51.0 Å². The van der Waals surface area contributed by atoms with Gasteiger partial charge in [0.15, 0.2) is 0 Å². The molecule has 0 saturated heterocycles. The third-order valence-electron chi connectivity index (χ3n) is 2.28. The molecule has 1 aromatic heterocycles. The second-order valence-corrected chi connectivity index (χ2v) is 5.31. The molecular formula is C12H8BrCl2N3O2. The van der Waals surface area contributed by atoms with Crippen LogP contribution in [0.5, 0.6) is 5.88 Å². The molecule has 20 heavy (non-hydrogen) atoms. The van der Waals surface area contributed by atoms with Crippen molar-refractivity contribution < 1.29 is 9.53 Å². The molecule has 1 aromatic carbocycles. The van der Waals surface area contributed by atoms with E-state index in [1.54, 1.807) is 18.2 Å². The summed E-state index contributed by atoms with van der Waals surface area (Å²) >= 11 is 14.9. The van der Waals surface area contributed by atoms with E-state index < -0.39 is 5.91 Å². The minimum atomic E-state index is -0.391. The van der Waals surface area contributed by atoms with Crippen LogP contribution in [0, 0.1) is 0 Å². The van der Waals surface area contributed by atoms with Crippen molar-refractivity contribution in [2.24, 2.45) is 0 Å². The Morgan fingerprint density at radius 2 is 2.05 bits per heavy atom. The molecule has 2 rings (SSSR count). The van der Waals surface area contributed by atoms with E-state index in [1.165, 1.54) is 13.2 Å². The Labute approximate surface area is 133 Å². The van der Waals surface area contributed by atoms with Crippen LogP contribution in [0.4, 0.5) is 5.95 Å². The molecule has 0 aliphatic carbocycles. The molecule has 0 fully saturated rings. The minimum absolute atomic E-state index is 0.0567. The van der Waals surface area contributed by atoms with Crippen molar-refractivity contribution in [1.29, 1.82) is 0 Å². The first-order valence-electron chi connectivity index (χ1n) is 5.34. The number of rotatable bonds is 3. The zero-order valence-electron chi connectivity index (χ0n) is 10.2. The smallest absolute Gasteiger partial charge is 0.259 e. The van der Waals surface area contributed by atoms with Crippen LogP contribution >= 0.6 is 39.1 Å². The van der Waals surface area contributed by atoms with Gasteiger partial charge in [0, 0.05) is 15.6 Å². The highest BCUT2D eigenvalue weighted by Gasteiger charge is 2.13. The molecular weight excluding hydrogens is 369 g/mol. The molecule has 0 bridgehead atoms. The topological polar surface area (TPSA) is 64.1 Å². The van der Waals surface area contributed by atoms with Gasteiger partial charge in [-0.05, 0) is 34.1 Å². The predicted molar refractivity (Wildman–Crippen MR) is 80.7 cm³/mol. The normalized spacial score (nSPS) is 10.2. The summed E-state index contributed by atoms with van der Waals surface area (Å²) < 4.78 is 5.52. The van der Waals surface area contributed by atoms with E-state index in [-0.39, 0.29) is 17.0 Å². The Kier molecular flexibility index (Phi) is 4.80. The molecule has 5 nitrogen and oxygen atoms in total. The summed E-state index contributed by atoms with van der Waals surface area (Å²) in [6.07, 6.45) is 0. The van der Waals surface area contributed by atoms with Crippen LogP contribution in [0.2, 0.25) is 10.2 Å². The van der Waals surface area contributed by atoms with E-state index in [0.29, 0.717) is 15.1 Å². The summed E-state index contributed by atoms with van der Waals surface area (Å²) in [5, 5.41) is 3.23. The van der Waals surface area contributed by atoms with Crippen LogP contribution in [0.25, 0.3) is 0 Å². The lowest BCUT2D eigenvalue weighted by atomic mass is 10.2. The van der Waals surface area contributed by atoms with Crippen molar-refractivity contribution in [1.82, 2.24) is 9.97 Å². The molecule has 0 saturated carbocycles. The predicted octanol–water partition coefficient (Wildman–Crippen LogP) is 3.81. The van der Waals surface area contributed by atoms with Gasteiger partial charge < -0.3 is 4.74 Å². The van der Waals surface area contributed by atoms with E-state index in [0.717, 1.165) is 0 Å². The number of benzene rings is 1. The quantitative estimate of drug-likeness (QED) is 0.827. The lowest BCUT2D eigenvalue weighted by Gasteiger charge is -2.07. The third kappa shape index (κ3) is 3.59. The molecule has 0 unspecified atom stereocenters. The first-order valence-corrected chi connectivity index (χ1v) is 6.89. The van der Waals surface area contributed by atoms with Crippen LogP contribution < -0.4 is 10.1 Å². The van der Waals surface area contributed by atoms with Crippen LogP contribution in [0.3, 0.4) is 0 Å². The molecule has 2 aromatic rings. The third-order valence-corrected chi connectivity index (χ3v) is 3.37. The Morgan fingerprint density at radius 3 is 2.70 bits per heavy atom. The van der Waals surface area contributed by atoms with Gasteiger partial charge in [-0.15, -0.1) is 0 Å². The first-order chi connectivity index (χ1) is 9.49. The van der Waals surface area contributed by atoms with Crippen LogP contribution in [-0.2, 0) is 0 Å². The molecule has 0 spiro atoms. The van der Waals surface area contributed by atoms with Gasteiger partial charge in [0.1, 0.15) is 5.15 Å². The van der Waals surface area contributed by atoms with Crippen molar-refractivity contribution in [3.05, 3.63) is 44.5 Å². The van der Waals surface area contributed by atoms with Gasteiger partial charge in [0.25, 0.3) is 5.91 Å². The lowest BCUT2D eigenvalue weighted by Crippen LogP contribution is -2.15. The maximum absolute atomic E-state index is 12.1. The summed E-state index contributed by atoms with van der Waals surface area (Å²) in [4.78, 5) is 20.0. The number of aromatic nitrogens is 2. The van der Waals surface area contributed by atoms with Crippen LogP contribution in [-0.4, -0.2) is 23.0 Å². The number of carbonyl (C=O) groups excluding carboxylic acids is 1. The Bertz CT molecular complexity index is 667. The molecule has 1 N–H and O–H groups in total. The summed E-state index contributed by atoms with van der Waals surface area (Å²) in [5.74, 6) is -0.0745. The minimum Gasteiger partial charge on any atom is -0.481 e. The Morgan fingerprint density at radius 1 is 1.30 bits per heavy atom. The fourth-order valence-corrected chi connectivity index (χ4v) is 2.44. The van der Waals surface area contributed by atoms with Crippen LogP contribution in [0.1, 0.15) is 10.4 Å². The molecule has 1 heterocycles. The molecule has 8 heteroatoms. The average molecular weight is 377 g/mol. The average Bonchev–Trinajstić information content (AvgIpc) is 2.37. The zero-order valence-corrected chi connectivity index (χ0v) is 13.3. The van der Waals surface area contributed by atoms with E-state index in [2.05, 4.69) is 31.2 Å². The van der Waals surface area contributed by atoms with Gasteiger partial charge in [-0.1, -0.05) is 23.2 Å². The van der Waals surface area contributed by atoms with Gasteiger partial charge in [0.05, 0.1) is 12.7 Å². The number of carbonyl (C=O) groups is 1. The van der Waals surface area contributed by atoms with E-state index >= 15 is 0 Å². The van der Waals surface area contributed by atoms with Crippen molar-refractivity contribution in [2.75, 3.05) is 12.4 Å². The highest BCUT2D eigenvalue weighted by atomic mass is 79.9. The van der Waals surface area contributed by atoms with E-state index in [9.17, 15) is 4.79 Å². The molecule has 0 radical (unpaired) electrons. The fourth-order valence-electron chi connectivity index (χ4n) is 1.40. The number of ether oxygens (including phenoxy) is 1. The maximum atomic E-state index is 12.1. The summed E-state index contributed by atoms with van der Waals surface area (Å²) in [6, 6.07) is 6.26. The highest BCUT2D eigenvalue weighted by molar-refractivity contribution is 9.10. The number of methoxy groups -OCH3 is 1. The number of hydrogen-bond donors (Lipinski definition) is 1. The molecule has 104 valence electrons. The van der Waals surface area contributed by atoms with E-state index in [1.807, 2.05) is 0 Å². The molecule has 0 atom stereocenters. The number of halogens is 3. The molecule has 1 amide bonds. The standard InChI is InChI=1S/C12H8BrCl2N3O2/c1-20-10-5-9(15)16-12(17-10)18-11(19)7-3-2-6(14)4-8(7)13/h2-5H,1H3,(H,16,17,18,19). The summed E-state index contributed by atoms with van der Waals surface area (Å²) in [5.41, 5.74) is 0.400. The monoisotopic (exact) mass is 375 g/mol.